The monoisotopic (exact) mass is 208 g/mol. The van der Waals surface area contributed by atoms with Gasteiger partial charge in [-0.2, -0.15) is 0 Å². The van der Waals surface area contributed by atoms with Gasteiger partial charge < -0.3 is 5.11 Å². The minimum atomic E-state index is -0.316. The highest BCUT2D eigenvalue weighted by molar-refractivity contribution is 5.15. The third kappa shape index (κ3) is 2.99. The summed E-state index contributed by atoms with van der Waals surface area (Å²) in [5.74, 6) is 0.876. The smallest absolute Gasteiger partial charge is 0.125 e. The Morgan fingerprint density at radius 2 is 2.00 bits per heavy atom. The predicted molar refractivity (Wildman–Crippen MR) is 60.9 cm³/mol. The lowest BCUT2D eigenvalue weighted by molar-refractivity contribution is 0.143. The standard InChI is InChI=1S/C12H20N2O/c1-5-10-7-11(14-9(4)13-10)8(3)12(15)6-2/h7-8,12,15H,5-6H2,1-4H3. The summed E-state index contributed by atoms with van der Waals surface area (Å²) in [6, 6.07) is 2.00. The van der Waals surface area contributed by atoms with Gasteiger partial charge >= 0.3 is 0 Å². The van der Waals surface area contributed by atoms with E-state index in [0.717, 1.165) is 30.1 Å². The average Bonchev–Trinajstić information content (AvgIpc) is 2.26. The van der Waals surface area contributed by atoms with Crippen LogP contribution in [0.5, 0.6) is 0 Å². The summed E-state index contributed by atoms with van der Waals surface area (Å²) in [5, 5.41) is 9.77. The molecule has 1 aromatic heterocycles. The Bertz CT molecular complexity index is 325. The molecule has 1 N–H and O–H groups in total. The van der Waals surface area contributed by atoms with E-state index in [0.29, 0.717) is 0 Å². The van der Waals surface area contributed by atoms with Gasteiger partial charge in [0.15, 0.2) is 0 Å². The fourth-order valence-electron chi connectivity index (χ4n) is 1.62. The minimum absolute atomic E-state index is 0.0852. The van der Waals surface area contributed by atoms with Crippen molar-refractivity contribution in [1.82, 2.24) is 9.97 Å². The molecule has 0 spiro atoms. The van der Waals surface area contributed by atoms with Gasteiger partial charge in [0.25, 0.3) is 0 Å². The zero-order valence-electron chi connectivity index (χ0n) is 9.99. The molecule has 1 aromatic rings. The Kier molecular flexibility index (Phi) is 4.21. The highest BCUT2D eigenvalue weighted by Gasteiger charge is 2.16. The van der Waals surface area contributed by atoms with Crippen molar-refractivity contribution in [2.45, 2.75) is 52.6 Å². The summed E-state index contributed by atoms with van der Waals surface area (Å²) >= 11 is 0. The zero-order chi connectivity index (χ0) is 11.4. The van der Waals surface area contributed by atoms with E-state index in [4.69, 9.17) is 0 Å². The van der Waals surface area contributed by atoms with Crippen molar-refractivity contribution in [3.8, 4) is 0 Å². The maximum atomic E-state index is 9.77. The third-order valence-corrected chi connectivity index (χ3v) is 2.74. The Hall–Kier alpha value is -0.960. The third-order valence-electron chi connectivity index (χ3n) is 2.74. The van der Waals surface area contributed by atoms with Crippen LogP contribution in [0.1, 0.15) is 50.3 Å². The Labute approximate surface area is 91.6 Å². The van der Waals surface area contributed by atoms with Crippen LogP contribution in [0.2, 0.25) is 0 Å². The lowest BCUT2D eigenvalue weighted by atomic mass is 9.98. The first kappa shape index (κ1) is 12.1. The van der Waals surface area contributed by atoms with Crippen molar-refractivity contribution in [3.05, 3.63) is 23.3 Å². The molecular weight excluding hydrogens is 188 g/mol. The molecule has 0 aromatic carbocycles. The molecule has 0 aliphatic heterocycles. The molecule has 3 nitrogen and oxygen atoms in total. The molecular formula is C12H20N2O. The van der Waals surface area contributed by atoms with Gasteiger partial charge in [0.1, 0.15) is 5.82 Å². The van der Waals surface area contributed by atoms with E-state index < -0.39 is 0 Å². The van der Waals surface area contributed by atoms with Crippen LogP contribution in [0.25, 0.3) is 0 Å². The molecule has 15 heavy (non-hydrogen) atoms. The number of aliphatic hydroxyl groups excluding tert-OH is 1. The van der Waals surface area contributed by atoms with Gasteiger partial charge in [0.05, 0.1) is 6.10 Å². The molecule has 0 fully saturated rings. The lowest BCUT2D eigenvalue weighted by Gasteiger charge is -2.17. The van der Waals surface area contributed by atoms with Crippen molar-refractivity contribution in [1.29, 1.82) is 0 Å². The molecule has 0 saturated heterocycles. The van der Waals surface area contributed by atoms with Gasteiger partial charge in [-0.1, -0.05) is 20.8 Å². The number of aryl methyl sites for hydroxylation is 2. The fourth-order valence-corrected chi connectivity index (χ4v) is 1.62. The van der Waals surface area contributed by atoms with E-state index in [1.807, 2.05) is 26.8 Å². The van der Waals surface area contributed by atoms with Crippen molar-refractivity contribution < 1.29 is 5.11 Å². The molecule has 0 bridgehead atoms. The maximum absolute atomic E-state index is 9.77. The van der Waals surface area contributed by atoms with Gasteiger partial charge in [-0.15, -0.1) is 0 Å². The topological polar surface area (TPSA) is 46.0 Å². The van der Waals surface area contributed by atoms with Gasteiger partial charge in [-0.3, -0.25) is 0 Å². The highest BCUT2D eigenvalue weighted by atomic mass is 16.3. The van der Waals surface area contributed by atoms with Crippen LogP contribution in [-0.2, 0) is 6.42 Å². The van der Waals surface area contributed by atoms with Crippen molar-refractivity contribution in [2.24, 2.45) is 0 Å². The summed E-state index contributed by atoms with van der Waals surface area (Å²) in [7, 11) is 0. The zero-order valence-corrected chi connectivity index (χ0v) is 9.99. The number of aromatic nitrogens is 2. The van der Waals surface area contributed by atoms with Crippen molar-refractivity contribution >= 4 is 0 Å². The summed E-state index contributed by atoms with van der Waals surface area (Å²) in [6.45, 7) is 7.96. The van der Waals surface area contributed by atoms with Gasteiger partial charge in [0.2, 0.25) is 0 Å². The molecule has 0 aliphatic rings. The second kappa shape index (κ2) is 5.21. The summed E-state index contributed by atoms with van der Waals surface area (Å²) in [6.07, 6.45) is 1.35. The quantitative estimate of drug-likeness (QED) is 0.825. The second-order valence-electron chi connectivity index (χ2n) is 3.95. The van der Waals surface area contributed by atoms with E-state index in [1.165, 1.54) is 0 Å². The second-order valence-corrected chi connectivity index (χ2v) is 3.95. The molecule has 0 amide bonds. The number of hydrogen-bond acceptors (Lipinski definition) is 3. The average molecular weight is 208 g/mol. The summed E-state index contributed by atoms with van der Waals surface area (Å²) < 4.78 is 0. The van der Waals surface area contributed by atoms with Crippen LogP contribution >= 0.6 is 0 Å². The summed E-state index contributed by atoms with van der Waals surface area (Å²) in [4.78, 5) is 8.71. The van der Waals surface area contributed by atoms with Crippen LogP contribution in [0.4, 0.5) is 0 Å². The fraction of sp³-hybridized carbons (Fsp3) is 0.667. The highest BCUT2D eigenvalue weighted by Crippen LogP contribution is 2.20. The molecule has 1 heterocycles. The maximum Gasteiger partial charge on any atom is 0.125 e. The van der Waals surface area contributed by atoms with E-state index in [2.05, 4.69) is 16.9 Å². The molecule has 2 atom stereocenters. The first-order valence-corrected chi connectivity index (χ1v) is 5.61. The molecule has 0 saturated carbocycles. The number of nitrogens with zero attached hydrogens (tertiary/aromatic N) is 2. The van der Waals surface area contributed by atoms with Crippen LogP contribution in [0.15, 0.2) is 6.07 Å². The Balaban J connectivity index is 2.97. The molecule has 1 rings (SSSR count). The minimum Gasteiger partial charge on any atom is -0.392 e. The largest absolute Gasteiger partial charge is 0.392 e. The molecule has 84 valence electrons. The number of rotatable bonds is 4. The van der Waals surface area contributed by atoms with E-state index >= 15 is 0 Å². The van der Waals surface area contributed by atoms with E-state index in [-0.39, 0.29) is 12.0 Å². The SMILES string of the molecule is CCc1cc(C(C)C(O)CC)nc(C)n1. The Morgan fingerprint density at radius 1 is 1.33 bits per heavy atom. The van der Waals surface area contributed by atoms with Gasteiger partial charge in [0, 0.05) is 17.3 Å². The van der Waals surface area contributed by atoms with Crippen LogP contribution in [0, 0.1) is 6.92 Å². The first-order chi connectivity index (χ1) is 7.08. The molecule has 2 unspecified atom stereocenters. The van der Waals surface area contributed by atoms with Crippen molar-refractivity contribution in [3.63, 3.8) is 0 Å². The first-order valence-electron chi connectivity index (χ1n) is 5.61. The van der Waals surface area contributed by atoms with Crippen LogP contribution in [-0.4, -0.2) is 21.2 Å². The lowest BCUT2D eigenvalue weighted by Crippen LogP contribution is -2.16. The number of hydrogen-bond donors (Lipinski definition) is 1. The predicted octanol–water partition coefficient (Wildman–Crippen LogP) is 2.22. The van der Waals surface area contributed by atoms with E-state index in [9.17, 15) is 5.11 Å². The summed E-state index contributed by atoms with van der Waals surface area (Å²) in [5.41, 5.74) is 2.00. The van der Waals surface area contributed by atoms with Gasteiger partial charge in [-0.05, 0) is 25.8 Å². The van der Waals surface area contributed by atoms with E-state index in [1.54, 1.807) is 0 Å². The number of aliphatic hydroxyl groups is 1. The molecule has 3 heteroatoms. The molecule has 0 aliphatic carbocycles. The van der Waals surface area contributed by atoms with Crippen LogP contribution in [0.3, 0.4) is 0 Å². The normalized spacial score (nSPS) is 15.0. The Morgan fingerprint density at radius 3 is 2.53 bits per heavy atom. The van der Waals surface area contributed by atoms with Gasteiger partial charge in [-0.25, -0.2) is 9.97 Å². The van der Waals surface area contributed by atoms with Crippen LogP contribution < -0.4 is 0 Å². The molecule has 0 radical (unpaired) electrons. The van der Waals surface area contributed by atoms with Crippen molar-refractivity contribution in [2.75, 3.05) is 0 Å².